The monoisotopic (exact) mass is 364 g/mol. The molecule has 0 fully saturated rings. The normalized spacial score (nSPS) is 10.7. The van der Waals surface area contributed by atoms with E-state index in [0.717, 1.165) is 0 Å². The first-order chi connectivity index (χ1) is 13.1. The van der Waals surface area contributed by atoms with Crippen molar-refractivity contribution in [1.82, 2.24) is 15.3 Å². The number of nitrogens with zero attached hydrogens (tertiary/aromatic N) is 3. The zero-order chi connectivity index (χ0) is 18.8. The number of anilines is 1. The van der Waals surface area contributed by atoms with Gasteiger partial charge in [0.15, 0.2) is 5.76 Å². The van der Waals surface area contributed by atoms with Gasteiger partial charge in [0, 0.05) is 18.2 Å². The molecule has 4 aromatic rings. The van der Waals surface area contributed by atoms with Crippen LogP contribution in [0.5, 0.6) is 0 Å². The van der Waals surface area contributed by atoms with Gasteiger partial charge in [-0.25, -0.2) is 4.39 Å². The number of aryl methyl sites for hydroxylation is 1. The Labute approximate surface area is 152 Å². The molecule has 2 aromatic carbocycles. The number of aromatic nitrogens is 3. The van der Waals surface area contributed by atoms with Crippen LogP contribution in [0.4, 0.5) is 10.1 Å². The Bertz CT molecular complexity index is 1120. The highest BCUT2D eigenvalue weighted by atomic mass is 19.1. The lowest BCUT2D eigenvalue weighted by Gasteiger charge is -2.06. The number of carbonyl (C=O) groups excluding carboxylic acids is 1. The van der Waals surface area contributed by atoms with Crippen molar-refractivity contribution in [3.63, 3.8) is 0 Å². The minimum Gasteiger partial charge on any atom is -0.355 e. The maximum atomic E-state index is 14.0. The molecule has 0 atom stereocenters. The van der Waals surface area contributed by atoms with E-state index < -0.39 is 11.7 Å². The predicted octanol–water partition coefficient (Wildman–Crippen LogP) is 4.09. The van der Waals surface area contributed by atoms with E-state index in [9.17, 15) is 9.18 Å². The summed E-state index contributed by atoms with van der Waals surface area (Å²) in [5.41, 5.74) is 1.49. The summed E-state index contributed by atoms with van der Waals surface area (Å²) in [5.74, 6) is -0.0525. The minimum atomic E-state index is -0.502. The van der Waals surface area contributed by atoms with Crippen molar-refractivity contribution >= 4 is 11.6 Å². The fourth-order valence-corrected chi connectivity index (χ4v) is 2.59. The first kappa shape index (κ1) is 16.6. The molecule has 1 amide bonds. The van der Waals surface area contributed by atoms with E-state index in [1.54, 1.807) is 43.3 Å². The highest BCUT2D eigenvalue weighted by Crippen LogP contribution is 2.27. The highest BCUT2D eigenvalue weighted by Gasteiger charge is 2.20. The second-order valence-corrected chi connectivity index (χ2v) is 5.72. The van der Waals surface area contributed by atoms with Crippen LogP contribution in [-0.4, -0.2) is 21.2 Å². The van der Waals surface area contributed by atoms with Crippen LogP contribution in [0, 0.1) is 12.7 Å². The average molecular weight is 364 g/mol. The molecule has 134 valence electrons. The Morgan fingerprint density at radius 3 is 2.74 bits per heavy atom. The van der Waals surface area contributed by atoms with Gasteiger partial charge in [0.1, 0.15) is 11.4 Å². The molecule has 8 heteroatoms. The number of rotatable bonds is 4. The SMILES string of the molecule is Cc1nc(-c2cccc(NC(=O)c3cnoc3-c3ccccc3F)c2)no1. The fourth-order valence-electron chi connectivity index (χ4n) is 2.59. The maximum Gasteiger partial charge on any atom is 0.261 e. The standard InChI is InChI=1S/C19H13FN4O3/c1-11-22-18(24-26-11)12-5-4-6-13(9-12)23-19(25)15-10-21-27-17(15)14-7-2-3-8-16(14)20/h2-10H,1H3,(H,23,25). The summed E-state index contributed by atoms with van der Waals surface area (Å²) in [5, 5.41) is 10.2. The molecule has 0 aliphatic carbocycles. The van der Waals surface area contributed by atoms with Crippen LogP contribution in [0.2, 0.25) is 0 Å². The molecule has 7 nitrogen and oxygen atoms in total. The van der Waals surface area contributed by atoms with Crippen LogP contribution in [0.25, 0.3) is 22.7 Å². The molecule has 0 aliphatic heterocycles. The van der Waals surface area contributed by atoms with Crippen molar-refractivity contribution in [3.05, 3.63) is 72.0 Å². The van der Waals surface area contributed by atoms with Gasteiger partial charge in [0.05, 0.1) is 11.8 Å². The van der Waals surface area contributed by atoms with Gasteiger partial charge in [0.25, 0.3) is 5.91 Å². The molecule has 0 saturated carbocycles. The first-order valence-electron chi connectivity index (χ1n) is 8.03. The largest absolute Gasteiger partial charge is 0.355 e. The zero-order valence-electron chi connectivity index (χ0n) is 14.1. The number of benzene rings is 2. The fraction of sp³-hybridized carbons (Fsp3) is 0.0526. The van der Waals surface area contributed by atoms with Crippen molar-refractivity contribution < 1.29 is 18.2 Å². The molecule has 0 saturated heterocycles. The Morgan fingerprint density at radius 2 is 1.96 bits per heavy atom. The van der Waals surface area contributed by atoms with Gasteiger partial charge in [-0.05, 0) is 24.3 Å². The molecule has 2 heterocycles. The number of amides is 1. The first-order valence-corrected chi connectivity index (χ1v) is 8.03. The molecular weight excluding hydrogens is 351 g/mol. The second kappa shape index (κ2) is 6.83. The van der Waals surface area contributed by atoms with E-state index in [4.69, 9.17) is 9.05 Å². The maximum absolute atomic E-state index is 14.0. The molecule has 1 N–H and O–H groups in total. The Balaban J connectivity index is 1.61. The summed E-state index contributed by atoms with van der Waals surface area (Å²) in [6.45, 7) is 1.69. The van der Waals surface area contributed by atoms with Crippen LogP contribution in [0.15, 0.2) is 63.8 Å². The third-order valence-corrected chi connectivity index (χ3v) is 3.84. The third-order valence-electron chi connectivity index (χ3n) is 3.84. The van der Waals surface area contributed by atoms with Gasteiger partial charge in [-0.2, -0.15) is 4.98 Å². The summed E-state index contributed by atoms with van der Waals surface area (Å²) in [6.07, 6.45) is 1.25. The van der Waals surface area contributed by atoms with Gasteiger partial charge in [0.2, 0.25) is 11.7 Å². The van der Waals surface area contributed by atoms with Crippen molar-refractivity contribution in [1.29, 1.82) is 0 Å². The summed E-state index contributed by atoms with van der Waals surface area (Å²) in [7, 11) is 0. The Hall–Kier alpha value is -3.81. The van der Waals surface area contributed by atoms with Crippen LogP contribution in [0.1, 0.15) is 16.2 Å². The van der Waals surface area contributed by atoms with Crippen molar-refractivity contribution in [2.75, 3.05) is 5.32 Å². The Kier molecular flexibility index (Phi) is 4.21. The van der Waals surface area contributed by atoms with E-state index >= 15 is 0 Å². The molecular formula is C19H13FN4O3. The van der Waals surface area contributed by atoms with Crippen molar-refractivity contribution in [2.45, 2.75) is 6.92 Å². The zero-order valence-corrected chi connectivity index (χ0v) is 14.1. The lowest BCUT2D eigenvalue weighted by atomic mass is 10.1. The number of hydrogen-bond acceptors (Lipinski definition) is 6. The van der Waals surface area contributed by atoms with Gasteiger partial charge >= 0.3 is 0 Å². The van der Waals surface area contributed by atoms with E-state index in [1.807, 2.05) is 0 Å². The van der Waals surface area contributed by atoms with Crippen molar-refractivity contribution in [3.8, 4) is 22.7 Å². The summed E-state index contributed by atoms with van der Waals surface area (Å²) < 4.78 is 24.1. The molecule has 0 unspecified atom stereocenters. The molecule has 0 aliphatic rings. The summed E-state index contributed by atoms with van der Waals surface area (Å²) >= 11 is 0. The number of carbonyl (C=O) groups is 1. The number of hydrogen-bond donors (Lipinski definition) is 1. The number of nitrogens with one attached hydrogen (secondary N) is 1. The summed E-state index contributed by atoms with van der Waals surface area (Å²) in [6, 6.07) is 13.0. The smallest absolute Gasteiger partial charge is 0.261 e. The van der Waals surface area contributed by atoms with Gasteiger partial charge in [-0.15, -0.1) is 0 Å². The van der Waals surface area contributed by atoms with E-state index in [1.165, 1.54) is 18.3 Å². The molecule has 4 rings (SSSR count). The van der Waals surface area contributed by atoms with Gasteiger partial charge in [-0.3, -0.25) is 4.79 Å². The minimum absolute atomic E-state index is 0.0653. The van der Waals surface area contributed by atoms with Crippen LogP contribution < -0.4 is 5.32 Å². The topological polar surface area (TPSA) is 94.1 Å². The number of halogens is 1. The molecule has 2 aromatic heterocycles. The molecule has 0 bridgehead atoms. The quantitative estimate of drug-likeness (QED) is 0.586. The van der Waals surface area contributed by atoms with Gasteiger partial charge in [-0.1, -0.05) is 34.6 Å². The molecule has 0 spiro atoms. The lowest BCUT2D eigenvalue weighted by molar-refractivity contribution is 0.102. The summed E-state index contributed by atoms with van der Waals surface area (Å²) in [4.78, 5) is 16.8. The van der Waals surface area contributed by atoms with E-state index in [2.05, 4.69) is 20.6 Å². The van der Waals surface area contributed by atoms with Crippen LogP contribution in [0.3, 0.4) is 0 Å². The average Bonchev–Trinajstić information content (AvgIpc) is 3.31. The predicted molar refractivity (Wildman–Crippen MR) is 94.3 cm³/mol. The lowest BCUT2D eigenvalue weighted by Crippen LogP contribution is -2.12. The molecule has 0 radical (unpaired) electrons. The molecule has 27 heavy (non-hydrogen) atoms. The van der Waals surface area contributed by atoms with E-state index in [0.29, 0.717) is 23.0 Å². The van der Waals surface area contributed by atoms with Gasteiger partial charge < -0.3 is 14.4 Å². The highest BCUT2D eigenvalue weighted by molar-refractivity contribution is 6.07. The van der Waals surface area contributed by atoms with Crippen LogP contribution >= 0.6 is 0 Å². The Morgan fingerprint density at radius 1 is 1.11 bits per heavy atom. The van der Waals surface area contributed by atoms with E-state index in [-0.39, 0.29) is 16.9 Å². The van der Waals surface area contributed by atoms with Crippen molar-refractivity contribution in [2.24, 2.45) is 0 Å². The third kappa shape index (κ3) is 3.32. The second-order valence-electron chi connectivity index (χ2n) is 5.72. The van der Waals surface area contributed by atoms with Crippen LogP contribution in [-0.2, 0) is 0 Å².